The Kier molecular flexibility index (Phi) is 4.96. The van der Waals surface area contributed by atoms with Gasteiger partial charge in [0.15, 0.2) is 0 Å². The molecule has 9 heteroatoms. The molecule has 3 rings (SSSR count). The lowest BCUT2D eigenvalue weighted by Crippen LogP contribution is -2.29. The Bertz CT molecular complexity index is 1020. The van der Waals surface area contributed by atoms with Crippen molar-refractivity contribution >= 4 is 56.4 Å². The monoisotopic (exact) mass is 412 g/mol. The van der Waals surface area contributed by atoms with Gasteiger partial charge in [0.25, 0.3) is 5.91 Å². The Morgan fingerprint density at radius 2 is 1.85 bits per heavy atom. The van der Waals surface area contributed by atoms with Crippen molar-refractivity contribution in [1.82, 2.24) is 0 Å². The number of hydrogen-bond donors (Lipinski definition) is 1. The largest absolute Gasteiger partial charge is 0.322 e. The predicted molar refractivity (Wildman–Crippen MR) is 101 cm³/mol. The highest BCUT2D eigenvalue weighted by molar-refractivity contribution is 7.94. The zero-order valence-electron chi connectivity index (χ0n) is 13.6. The van der Waals surface area contributed by atoms with Crippen LogP contribution < -0.4 is 9.62 Å². The molecule has 0 aromatic heterocycles. The van der Waals surface area contributed by atoms with Gasteiger partial charge >= 0.3 is 0 Å². The Morgan fingerprint density at radius 3 is 2.42 bits per heavy atom. The molecule has 1 aliphatic rings. The summed E-state index contributed by atoms with van der Waals surface area (Å²) < 4.78 is 24.7. The van der Waals surface area contributed by atoms with Gasteiger partial charge in [-0.2, -0.15) is 0 Å². The van der Waals surface area contributed by atoms with E-state index >= 15 is 0 Å². The van der Waals surface area contributed by atoms with Crippen LogP contribution in [0.4, 0.5) is 11.4 Å². The number of halogens is 2. The summed E-state index contributed by atoms with van der Waals surface area (Å²) >= 11 is 12.2. The second-order valence-corrected chi connectivity index (χ2v) is 8.56. The molecule has 26 heavy (non-hydrogen) atoms. The molecule has 1 saturated heterocycles. The summed E-state index contributed by atoms with van der Waals surface area (Å²) in [5, 5.41) is 3.23. The van der Waals surface area contributed by atoms with E-state index in [2.05, 4.69) is 5.32 Å². The maximum absolute atomic E-state index is 12.4. The third kappa shape index (κ3) is 3.56. The normalized spacial score (nSPS) is 16.0. The van der Waals surface area contributed by atoms with E-state index in [-0.39, 0.29) is 28.4 Å². The number of hydrogen-bond acceptors (Lipinski definition) is 4. The Balaban J connectivity index is 1.86. The van der Waals surface area contributed by atoms with Gasteiger partial charge in [-0.1, -0.05) is 29.3 Å². The first-order valence-electron chi connectivity index (χ1n) is 7.62. The molecule has 0 bridgehead atoms. The van der Waals surface area contributed by atoms with Crippen molar-refractivity contribution < 1.29 is 18.0 Å². The van der Waals surface area contributed by atoms with Crippen LogP contribution in [-0.4, -0.2) is 26.0 Å². The van der Waals surface area contributed by atoms with E-state index in [9.17, 15) is 18.0 Å². The lowest BCUT2D eigenvalue weighted by molar-refractivity contribution is -0.116. The minimum Gasteiger partial charge on any atom is -0.322 e. The molecule has 2 amide bonds. The second kappa shape index (κ2) is 6.90. The van der Waals surface area contributed by atoms with Crippen LogP contribution in [0.25, 0.3) is 0 Å². The van der Waals surface area contributed by atoms with E-state index in [1.54, 1.807) is 18.2 Å². The molecule has 2 aromatic rings. The lowest BCUT2D eigenvalue weighted by Gasteiger charge is -2.16. The molecule has 0 radical (unpaired) electrons. The average molecular weight is 413 g/mol. The minimum atomic E-state index is -3.69. The number of benzene rings is 2. The molecule has 0 spiro atoms. The second-order valence-electron chi connectivity index (χ2n) is 5.81. The predicted octanol–water partition coefficient (Wildman–Crippen LogP) is 3.62. The van der Waals surface area contributed by atoms with Gasteiger partial charge in [0, 0.05) is 17.1 Å². The maximum Gasteiger partial charge on any atom is 0.257 e. The number of rotatable bonds is 3. The summed E-state index contributed by atoms with van der Waals surface area (Å²) in [6, 6.07) is 9.14. The van der Waals surface area contributed by atoms with Crippen LogP contribution >= 0.6 is 23.2 Å². The zero-order valence-corrected chi connectivity index (χ0v) is 16.0. The van der Waals surface area contributed by atoms with Gasteiger partial charge in [-0.05, 0) is 42.8 Å². The topological polar surface area (TPSA) is 83.6 Å². The van der Waals surface area contributed by atoms with Crippen LogP contribution in [0.5, 0.6) is 0 Å². The van der Waals surface area contributed by atoms with Crippen LogP contribution in [0.15, 0.2) is 36.4 Å². The zero-order chi connectivity index (χ0) is 19.1. The highest BCUT2D eigenvalue weighted by Gasteiger charge is 2.36. The van der Waals surface area contributed by atoms with E-state index in [4.69, 9.17) is 23.2 Å². The number of sulfonamides is 1. The molecule has 0 saturated carbocycles. The number of nitrogens with zero attached hydrogens (tertiary/aromatic N) is 1. The highest BCUT2D eigenvalue weighted by Crippen LogP contribution is 2.30. The summed E-state index contributed by atoms with van der Waals surface area (Å²) in [6.07, 6.45) is -0.0730. The number of aryl methyl sites for hydroxylation is 1. The number of nitrogens with one attached hydrogen (secondary N) is 1. The summed E-state index contributed by atoms with van der Waals surface area (Å²) in [4.78, 5) is 24.3. The molecule has 0 atom stereocenters. The standard InChI is InChI=1S/C17H14Cl2N2O4S/c1-10-2-3-11(8-14(10)18)20-17(23)13-5-4-12(9-15(13)19)21-16(22)6-7-26(21,24)25/h2-5,8-9H,6-7H2,1H3,(H,20,23). The summed E-state index contributed by atoms with van der Waals surface area (Å²) in [5.74, 6) is -1.23. The summed E-state index contributed by atoms with van der Waals surface area (Å²) in [5.41, 5.74) is 1.65. The molecular weight excluding hydrogens is 399 g/mol. The van der Waals surface area contributed by atoms with E-state index in [1.165, 1.54) is 18.2 Å². The molecule has 1 fully saturated rings. The Hall–Kier alpha value is -2.09. The van der Waals surface area contributed by atoms with E-state index in [0.717, 1.165) is 9.87 Å². The summed E-state index contributed by atoms with van der Waals surface area (Å²) in [6.45, 7) is 1.84. The van der Waals surface area contributed by atoms with Crippen molar-refractivity contribution in [2.24, 2.45) is 0 Å². The first-order valence-corrected chi connectivity index (χ1v) is 9.98. The van der Waals surface area contributed by atoms with Crippen LogP contribution in [0.3, 0.4) is 0 Å². The molecule has 6 nitrogen and oxygen atoms in total. The van der Waals surface area contributed by atoms with Gasteiger partial charge in [0.2, 0.25) is 15.9 Å². The molecule has 0 aliphatic carbocycles. The molecule has 136 valence electrons. The van der Waals surface area contributed by atoms with Gasteiger partial charge in [0.1, 0.15) is 0 Å². The summed E-state index contributed by atoms with van der Waals surface area (Å²) in [7, 11) is -3.69. The fourth-order valence-corrected chi connectivity index (χ4v) is 4.44. The van der Waals surface area contributed by atoms with E-state index in [0.29, 0.717) is 10.7 Å². The quantitative estimate of drug-likeness (QED) is 0.833. The third-order valence-corrected chi connectivity index (χ3v) is 6.35. The van der Waals surface area contributed by atoms with Crippen LogP contribution in [-0.2, 0) is 14.8 Å². The van der Waals surface area contributed by atoms with Gasteiger partial charge in [-0.3, -0.25) is 9.59 Å². The van der Waals surface area contributed by atoms with Crippen LogP contribution in [0, 0.1) is 6.92 Å². The Labute approximate surface area is 160 Å². The molecule has 1 aliphatic heterocycles. The number of anilines is 2. The van der Waals surface area contributed by atoms with Crippen molar-refractivity contribution in [3.63, 3.8) is 0 Å². The fourth-order valence-electron chi connectivity index (χ4n) is 2.55. The van der Waals surface area contributed by atoms with E-state index < -0.39 is 21.8 Å². The number of amides is 2. The van der Waals surface area contributed by atoms with Gasteiger partial charge in [-0.15, -0.1) is 0 Å². The molecule has 0 unspecified atom stereocenters. The van der Waals surface area contributed by atoms with Gasteiger partial charge < -0.3 is 5.32 Å². The van der Waals surface area contributed by atoms with Crippen LogP contribution in [0.2, 0.25) is 10.0 Å². The van der Waals surface area contributed by atoms with Crippen molar-refractivity contribution in [2.75, 3.05) is 15.4 Å². The average Bonchev–Trinajstić information content (AvgIpc) is 2.83. The molecule has 1 N–H and O–H groups in total. The van der Waals surface area contributed by atoms with E-state index in [1.807, 2.05) is 6.92 Å². The van der Waals surface area contributed by atoms with Crippen molar-refractivity contribution in [3.05, 3.63) is 57.6 Å². The minimum absolute atomic E-state index is 0.0353. The van der Waals surface area contributed by atoms with Crippen molar-refractivity contribution in [2.45, 2.75) is 13.3 Å². The Morgan fingerprint density at radius 1 is 1.12 bits per heavy atom. The molecule has 2 aromatic carbocycles. The lowest BCUT2D eigenvalue weighted by atomic mass is 10.1. The SMILES string of the molecule is Cc1ccc(NC(=O)c2ccc(N3C(=O)CCS3(=O)=O)cc2Cl)cc1Cl. The first-order chi connectivity index (χ1) is 12.2. The van der Waals surface area contributed by atoms with Crippen LogP contribution in [0.1, 0.15) is 22.3 Å². The highest BCUT2D eigenvalue weighted by atomic mass is 35.5. The fraction of sp³-hybridized carbons (Fsp3) is 0.176. The van der Waals surface area contributed by atoms with Gasteiger partial charge in [-0.25, -0.2) is 12.7 Å². The first kappa shape index (κ1) is 18.7. The number of carbonyl (C=O) groups excluding carboxylic acids is 2. The smallest absolute Gasteiger partial charge is 0.257 e. The van der Waals surface area contributed by atoms with Crippen molar-refractivity contribution in [1.29, 1.82) is 0 Å². The van der Waals surface area contributed by atoms with Gasteiger partial charge in [0.05, 0.1) is 22.0 Å². The maximum atomic E-state index is 12.4. The molecule has 1 heterocycles. The third-order valence-electron chi connectivity index (χ3n) is 3.94. The number of carbonyl (C=O) groups is 2. The molecular formula is C17H14Cl2N2O4S. The van der Waals surface area contributed by atoms with Crippen molar-refractivity contribution in [3.8, 4) is 0 Å².